The van der Waals surface area contributed by atoms with E-state index in [-0.39, 0.29) is 0 Å². The second kappa shape index (κ2) is 6.21. The standard InChI is InChI=1S/C13H19BrN2S/c1-2-9-5-6-11(15)12(8-9)17-13-10(14)4-3-7-16-13/h3-4,7,9,11-12H,2,5-6,8,15H2,1H3. The number of hydrogen-bond acceptors (Lipinski definition) is 3. The molecular formula is C13H19BrN2S. The van der Waals surface area contributed by atoms with E-state index < -0.39 is 0 Å². The van der Waals surface area contributed by atoms with Gasteiger partial charge in [-0.05, 0) is 53.2 Å². The molecule has 17 heavy (non-hydrogen) atoms. The van der Waals surface area contributed by atoms with Crippen molar-refractivity contribution in [2.45, 2.75) is 48.9 Å². The second-order valence-corrected chi connectivity index (χ2v) is 6.78. The molecule has 2 nitrogen and oxygen atoms in total. The molecule has 2 rings (SSSR count). The van der Waals surface area contributed by atoms with Crippen LogP contribution in [0.1, 0.15) is 32.6 Å². The van der Waals surface area contributed by atoms with Crippen LogP contribution in [0.15, 0.2) is 27.8 Å². The molecule has 0 spiro atoms. The van der Waals surface area contributed by atoms with Crippen molar-refractivity contribution in [3.8, 4) is 0 Å². The van der Waals surface area contributed by atoms with Gasteiger partial charge in [-0.25, -0.2) is 4.98 Å². The predicted octanol–water partition coefficient (Wildman–Crippen LogP) is 3.84. The Labute approximate surface area is 116 Å². The maximum Gasteiger partial charge on any atom is 0.110 e. The van der Waals surface area contributed by atoms with Crippen LogP contribution in [0.3, 0.4) is 0 Å². The molecule has 0 bridgehead atoms. The van der Waals surface area contributed by atoms with Crippen molar-refractivity contribution in [3.63, 3.8) is 0 Å². The van der Waals surface area contributed by atoms with Crippen LogP contribution < -0.4 is 5.73 Å². The number of nitrogens with two attached hydrogens (primary N) is 1. The maximum absolute atomic E-state index is 6.23. The Morgan fingerprint density at radius 3 is 3.06 bits per heavy atom. The van der Waals surface area contributed by atoms with Crippen LogP contribution in [-0.4, -0.2) is 16.3 Å². The molecule has 3 unspecified atom stereocenters. The zero-order chi connectivity index (χ0) is 12.3. The van der Waals surface area contributed by atoms with Gasteiger partial charge in [0.2, 0.25) is 0 Å². The Kier molecular flexibility index (Phi) is 4.88. The molecule has 0 amide bonds. The lowest BCUT2D eigenvalue weighted by molar-refractivity contribution is 0.327. The highest BCUT2D eigenvalue weighted by Crippen LogP contribution is 2.38. The van der Waals surface area contributed by atoms with Gasteiger partial charge in [-0.1, -0.05) is 13.3 Å². The molecule has 1 aromatic rings. The van der Waals surface area contributed by atoms with Gasteiger partial charge in [0.25, 0.3) is 0 Å². The molecule has 0 aliphatic heterocycles. The van der Waals surface area contributed by atoms with Crippen molar-refractivity contribution in [2.24, 2.45) is 11.7 Å². The van der Waals surface area contributed by atoms with Crippen molar-refractivity contribution >= 4 is 27.7 Å². The quantitative estimate of drug-likeness (QED) is 0.921. The summed E-state index contributed by atoms with van der Waals surface area (Å²) in [6.45, 7) is 2.28. The summed E-state index contributed by atoms with van der Waals surface area (Å²) in [4.78, 5) is 4.42. The van der Waals surface area contributed by atoms with E-state index >= 15 is 0 Å². The SMILES string of the molecule is CCC1CCC(N)C(Sc2ncccc2Br)C1. The molecule has 1 fully saturated rings. The summed E-state index contributed by atoms with van der Waals surface area (Å²) in [5.41, 5.74) is 6.23. The Hall–Kier alpha value is -0.0600. The number of thioether (sulfide) groups is 1. The Balaban J connectivity index is 2.04. The summed E-state index contributed by atoms with van der Waals surface area (Å²) < 4.78 is 1.08. The molecule has 4 heteroatoms. The van der Waals surface area contributed by atoms with E-state index in [9.17, 15) is 0 Å². The minimum absolute atomic E-state index is 0.316. The second-order valence-electron chi connectivity index (χ2n) is 4.70. The molecule has 3 atom stereocenters. The van der Waals surface area contributed by atoms with Gasteiger partial charge >= 0.3 is 0 Å². The number of pyridine rings is 1. The minimum atomic E-state index is 0.316. The first-order valence-corrected chi connectivity index (χ1v) is 7.90. The highest BCUT2D eigenvalue weighted by Gasteiger charge is 2.28. The molecule has 1 aliphatic rings. The first-order chi connectivity index (χ1) is 8.20. The summed E-state index contributed by atoms with van der Waals surface area (Å²) >= 11 is 5.39. The average molecular weight is 315 g/mol. The highest BCUT2D eigenvalue weighted by atomic mass is 79.9. The summed E-state index contributed by atoms with van der Waals surface area (Å²) in [6.07, 6.45) is 6.79. The zero-order valence-corrected chi connectivity index (χ0v) is 12.5. The summed E-state index contributed by atoms with van der Waals surface area (Å²) in [5, 5.41) is 1.59. The normalized spacial score (nSPS) is 29.2. The van der Waals surface area contributed by atoms with Gasteiger partial charge in [0, 0.05) is 22.0 Å². The molecule has 1 aromatic heterocycles. The van der Waals surface area contributed by atoms with E-state index in [1.54, 1.807) is 0 Å². The third-order valence-electron chi connectivity index (χ3n) is 3.52. The van der Waals surface area contributed by atoms with E-state index in [1.807, 2.05) is 30.1 Å². The fourth-order valence-electron chi connectivity index (χ4n) is 2.34. The summed E-state index contributed by atoms with van der Waals surface area (Å²) in [7, 11) is 0. The van der Waals surface area contributed by atoms with E-state index in [1.165, 1.54) is 19.3 Å². The molecule has 0 saturated heterocycles. The Morgan fingerprint density at radius 2 is 2.35 bits per heavy atom. The molecular weight excluding hydrogens is 296 g/mol. The number of halogens is 1. The van der Waals surface area contributed by atoms with Gasteiger partial charge in [-0.15, -0.1) is 11.8 Å². The number of hydrogen-bond donors (Lipinski definition) is 1. The smallest absolute Gasteiger partial charge is 0.110 e. The van der Waals surface area contributed by atoms with Gasteiger partial charge in [-0.2, -0.15) is 0 Å². The van der Waals surface area contributed by atoms with Crippen molar-refractivity contribution in [3.05, 3.63) is 22.8 Å². The van der Waals surface area contributed by atoms with Crippen LogP contribution in [0, 0.1) is 5.92 Å². The molecule has 0 aromatic carbocycles. The van der Waals surface area contributed by atoms with Crippen LogP contribution in [0.25, 0.3) is 0 Å². The van der Waals surface area contributed by atoms with Crippen LogP contribution in [0.2, 0.25) is 0 Å². The lowest BCUT2D eigenvalue weighted by atomic mass is 9.84. The van der Waals surface area contributed by atoms with E-state index in [4.69, 9.17) is 5.73 Å². The fourth-order valence-corrected chi connectivity index (χ4v) is 4.15. The first kappa shape index (κ1) is 13.4. The maximum atomic E-state index is 6.23. The van der Waals surface area contributed by atoms with Crippen LogP contribution in [0.4, 0.5) is 0 Å². The lowest BCUT2D eigenvalue weighted by Gasteiger charge is -2.33. The summed E-state index contributed by atoms with van der Waals surface area (Å²) in [5.74, 6) is 0.842. The first-order valence-electron chi connectivity index (χ1n) is 6.23. The van der Waals surface area contributed by atoms with Gasteiger partial charge < -0.3 is 5.73 Å². The molecule has 94 valence electrons. The molecule has 1 saturated carbocycles. The molecule has 1 aliphatic carbocycles. The number of rotatable bonds is 3. The van der Waals surface area contributed by atoms with Gasteiger partial charge in [0.1, 0.15) is 5.03 Å². The van der Waals surface area contributed by atoms with Crippen molar-refractivity contribution in [1.82, 2.24) is 4.98 Å². The Morgan fingerprint density at radius 1 is 1.53 bits per heavy atom. The Bertz CT molecular complexity index is 372. The van der Waals surface area contributed by atoms with Gasteiger partial charge in [0.05, 0.1) is 0 Å². The average Bonchev–Trinajstić information content (AvgIpc) is 2.35. The third kappa shape index (κ3) is 3.46. The van der Waals surface area contributed by atoms with E-state index in [0.29, 0.717) is 11.3 Å². The van der Waals surface area contributed by atoms with Crippen molar-refractivity contribution in [2.75, 3.05) is 0 Å². The summed E-state index contributed by atoms with van der Waals surface area (Å²) in [6, 6.07) is 4.31. The molecule has 1 heterocycles. The van der Waals surface area contributed by atoms with E-state index in [0.717, 1.165) is 21.8 Å². The number of nitrogens with zero attached hydrogens (tertiary/aromatic N) is 1. The van der Waals surface area contributed by atoms with Crippen LogP contribution >= 0.6 is 27.7 Å². The van der Waals surface area contributed by atoms with Crippen molar-refractivity contribution in [1.29, 1.82) is 0 Å². The number of aromatic nitrogens is 1. The molecule has 0 radical (unpaired) electrons. The topological polar surface area (TPSA) is 38.9 Å². The third-order valence-corrected chi connectivity index (χ3v) is 5.81. The largest absolute Gasteiger partial charge is 0.327 e. The lowest BCUT2D eigenvalue weighted by Crippen LogP contribution is -2.38. The van der Waals surface area contributed by atoms with Crippen LogP contribution in [-0.2, 0) is 0 Å². The monoisotopic (exact) mass is 314 g/mol. The predicted molar refractivity (Wildman–Crippen MR) is 77.2 cm³/mol. The fraction of sp³-hybridized carbons (Fsp3) is 0.615. The zero-order valence-electron chi connectivity index (χ0n) is 10.1. The minimum Gasteiger partial charge on any atom is -0.327 e. The van der Waals surface area contributed by atoms with Gasteiger partial charge in [-0.3, -0.25) is 0 Å². The highest BCUT2D eigenvalue weighted by molar-refractivity contribution is 9.10. The van der Waals surface area contributed by atoms with Crippen LogP contribution in [0.5, 0.6) is 0 Å². The molecule has 2 N–H and O–H groups in total. The van der Waals surface area contributed by atoms with Crippen molar-refractivity contribution < 1.29 is 0 Å². The van der Waals surface area contributed by atoms with E-state index in [2.05, 4.69) is 27.8 Å². The van der Waals surface area contributed by atoms with Gasteiger partial charge in [0.15, 0.2) is 0 Å².